The monoisotopic (exact) mass is 401 g/mol. The van der Waals surface area contributed by atoms with Gasteiger partial charge in [0.2, 0.25) is 11.8 Å². The second-order valence-electron chi connectivity index (χ2n) is 5.82. The van der Waals surface area contributed by atoms with Crippen molar-refractivity contribution in [3.05, 3.63) is 28.7 Å². The molecule has 2 aliphatic rings. The van der Waals surface area contributed by atoms with Crippen LogP contribution in [0.15, 0.2) is 28.7 Å². The molecule has 1 aromatic carbocycles. The number of nitrogens with zero attached hydrogens (tertiary/aromatic N) is 1. The van der Waals surface area contributed by atoms with E-state index in [9.17, 15) is 9.59 Å². The molecule has 0 aliphatic carbocycles. The fourth-order valence-electron chi connectivity index (χ4n) is 3.10. The van der Waals surface area contributed by atoms with E-state index in [1.54, 1.807) is 4.90 Å². The Morgan fingerprint density at radius 1 is 1.22 bits per heavy atom. The molecule has 2 N–H and O–H groups in total. The van der Waals surface area contributed by atoms with Crippen molar-refractivity contribution in [2.24, 2.45) is 5.92 Å². The number of carbonyl (C=O) groups excluding carboxylic acids is 2. The number of piperidine rings is 1. The molecule has 1 atom stereocenters. The summed E-state index contributed by atoms with van der Waals surface area (Å²) in [6.45, 7) is 2.44. The summed E-state index contributed by atoms with van der Waals surface area (Å²) in [5, 5.41) is 6.31. The van der Waals surface area contributed by atoms with Crippen molar-refractivity contribution in [1.82, 2.24) is 10.6 Å². The minimum atomic E-state index is -0.554. The fraction of sp³-hybridized carbons (Fsp3) is 0.500. The molecule has 126 valence electrons. The lowest BCUT2D eigenvalue weighted by atomic mass is 10.0. The summed E-state index contributed by atoms with van der Waals surface area (Å²) in [5.41, 5.74) is 0.838. The number of rotatable bonds is 3. The lowest BCUT2D eigenvalue weighted by molar-refractivity contribution is -0.132. The van der Waals surface area contributed by atoms with Crippen molar-refractivity contribution in [1.29, 1.82) is 0 Å². The smallest absolute Gasteiger partial charge is 0.239 e. The van der Waals surface area contributed by atoms with E-state index in [0.29, 0.717) is 13.0 Å². The van der Waals surface area contributed by atoms with Gasteiger partial charge in [-0.15, -0.1) is 12.4 Å². The van der Waals surface area contributed by atoms with Crippen LogP contribution < -0.4 is 15.5 Å². The molecule has 2 aliphatic heterocycles. The van der Waals surface area contributed by atoms with Gasteiger partial charge in [0.15, 0.2) is 0 Å². The van der Waals surface area contributed by atoms with Crippen molar-refractivity contribution >= 4 is 45.8 Å². The average Bonchev–Trinajstić information content (AvgIpc) is 2.90. The third kappa shape index (κ3) is 4.05. The molecule has 3 rings (SSSR count). The van der Waals surface area contributed by atoms with Crippen molar-refractivity contribution in [2.45, 2.75) is 25.3 Å². The predicted molar refractivity (Wildman–Crippen MR) is 95.9 cm³/mol. The second-order valence-corrected chi connectivity index (χ2v) is 6.67. The van der Waals surface area contributed by atoms with Gasteiger partial charge >= 0.3 is 0 Å². The maximum atomic E-state index is 12.6. The molecule has 2 amide bonds. The molecule has 2 fully saturated rings. The van der Waals surface area contributed by atoms with Gasteiger partial charge in [0, 0.05) is 17.1 Å². The lowest BCUT2D eigenvalue weighted by Crippen LogP contribution is -2.46. The SMILES string of the molecule is Cl.O=C(NC1CCNCC1)C1CCN(c2ccccc2Br)C1=O. The van der Waals surface area contributed by atoms with Crippen LogP contribution in [0.2, 0.25) is 0 Å². The van der Waals surface area contributed by atoms with Crippen LogP contribution >= 0.6 is 28.3 Å². The Hall–Kier alpha value is -1.11. The highest BCUT2D eigenvalue weighted by Gasteiger charge is 2.38. The number of hydrogen-bond acceptors (Lipinski definition) is 3. The zero-order chi connectivity index (χ0) is 15.5. The fourth-order valence-corrected chi connectivity index (χ4v) is 3.60. The minimum Gasteiger partial charge on any atom is -0.353 e. The number of nitrogens with one attached hydrogen (secondary N) is 2. The van der Waals surface area contributed by atoms with Crippen molar-refractivity contribution in [3.63, 3.8) is 0 Å². The molecule has 2 saturated heterocycles. The van der Waals surface area contributed by atoms with E-state index in [1.165, 1.54) is 0 Å². The van der Waals surface area contributed by atoms with Gasteiger partial charge in [-0.05, 0) is 60.4 Å². The Morgan fingerprint density at radius 3 is 2.61 bits per heavy atom. The maximum absolute atomic E-state index is 12.6. The van der Waals surface area contributed by atoms with Gasteiger partial charge in [0.1, 0.15) is 5.92 Å². The van der Waals surface area contributed by atoms with Gasteiger partial charge in [-0.1, -0.05) is 12.1 Å². The first-order chi connectivity index (χ1) is 10.7. The molecule has 0 spiro atoms. The summed E-state index contributed by atoms with van der Waals surface area (Å²) in [5.74, 6) is -0.772. The molecule has 0 bridgehead atoms. The van der Waals surface area contributed by atoms with Crippen molar-refractivity contribution in [3.8, 4) is 0 Å². The third-order valence-corrected chi connectivity index (χ3v) is 5.02. The van der Waals surface area contributed by atoms with Crippen LogP contribution in [0.1, 0.15) is 19.3 Å². The third-order valence-electron chi connectivity index (χ3n) is 4.35. The molecule has 1 unspecified atom stereocenters. The van der Waals surface area contributed by atoms with Crippen molar-refractivity contribution < 1.29 is 9.59 Å². The summed E-state index contributed by atoms with van der Waals surface area (Å²) in [4.78, 5) is 26.7. The molecule has 1 aromatic rings. The Bertz CT molecular complexity index is 578. The molecule has 23 heavy (non-hydrogen) atoms. The number of para-hydroxylation sites is 1. The van der Waals surface area contributed by atoms with E-state index in [4.69, 9.17) is 0 Å². The largest absolute Gasteiger partial charge is 0.353 e. The molecule has 7 heteroatoms. The van der Waals surface area contributed by atoms with E-state index < -0.39 is 5.92 Å². The highest BCUT2D eigenvalue weighted by molar-refractivity contribution is 9.10. The number of halogens is 2. The number of anilines is 1. The summed E-state index contributed by atoms with van der Waals surface area (Å²) >= 11 is 3.47. The second kappa shape index (κ2) is 8.13. The van der Waals surface area contributed by atoms with Crippen LogP contribution in [0, 0.1) is 5.92 Å². The Balaban J connectivity index is 0.00000192. The average molecular weight is 403 g/mol. The first-order valence-electron chi connectivity index (χ1n) is 7.74. The van der Waals surface area contributed by atoms with Gasteiger partial charge in [-0.3, -0.25) is 9.59 Å². The number of hydrogen-bond donors (Lipinski definition) is 2. The van der Waals surface area contributed by atoms with Crippen LogP contribution in [0.5, 0.6) is 0 Å². The van der Waals surface area contributed by atoms with Crippen LogP contribution in [-0.2, 0) is 9.59 Å². The van der Waals surface area contributed by atoms with Gasteiger partial charge in [0.05, 0.1) is 5.69 Å². The van der Waals surface area contributed by atoms with Gasteiger partial charge in [0.25, 0.3) is 0 Å². The summed E-state index contributed by atoms with van der Waals surface area (Å²) < 4.78 is 0.878. The van der Waals surface area contributed by atoms with Crippen LogP contribution in [0.4, 0.5) is 5.69 Å². The zero-order valence-corrected chi connectivity index (χ0v) is 15.2. The highest BCUT2D eigenvalue weighted by atomic mass is 79.9. The lowest BCUT2D eigenvalue weighted by Gasteiger charge is -2.25. The first kappa shape index (κ1) is 18.2. The Labute approximate surface area is 150 Å². The van der Waals surface area contributed by atoms with Crippen molar-refractivity contribution in [2.75, 3.05) is 24.5 Å². The number of carbonyl (C=O) groups is 2. The minimum absolute atomic E-state index is 0. The van der Waals surface area contributed by atoms with Crippen LogP contribution in [0.3, 0.4) is 0 Å². The quantitative estimate of drug-likeness (QED) is 0.761. The van der Waals surface area contributed by atoms with E-state index in [2.05, 4.69) is 26.6 Å². The zero-order valence-electron chi connectivity index (χ0n) is 12.8. The van der Waals surface area contributed by atoms with Crippen LogP contribution in [0.25, 0.3) is 0 Å². The molecular formula is C16H21BrClN3O2. The molecule has 0 saturated carbocycles. The van der Waals surface area contributed by atoms with Gasteiger partial charge in [-0.2, -0.15) is 0 Å². The number of amides is 2. The number of benzene rings is 1. The van der Waals surface area contributed by atoms with E-state index in [1.807, 2.05) is 24.3 Å². The molecule has 2 heterocycles. The van der Waals surface area contributed by atoms with E-state index in [-0.39, 0.29) is 30.3 Å². The summed E-state index contributed by atoms with van der Waals surface area (Å²) in [7, 11) is 0. The standard InChI is InChI=1S/C16H20BrN3O2.ClH/c17-13-3-1-2-4-14(13)20-10-7-12(16(20)22)15(21)19-11-5-8-18-9-6-11;/h1-4,11-12,18H,5-10H2,(H,19,21);1H. The summed E-state index contributed by atoms with van der Waals surface area (Å²) in [6.07, 6.45) is 2.44. The highest BCUT2D eigenvalue weighted by Crippen LogP contribution is 2.31. The van der Waals surface area contributed by atoms with Crippen LogP contribution in [-0.4, -0.2) is 37.5 Å². The Kier molecular flexibility index (Phi) is 6.44. The molecule has 0 aromatic heterocycles. The molecule has 5 nitrogen and oxygen atoms in total. The molecular weight excluding hydrogens is 382 g/mol. The van der Waals surface area contributed by atoms with Gasteiger partial charge < -0.3 is 15.5 Å². The molecule has 0 radical (unpaired) electrons. The first-order valence-corrected chi connectivity index (χ1v) is 8.53. The normalized spacial score (nSPS) is 21.9. The maximum Gasteiger partial charge on any atom is 0.239 e. The van der Waals surface area contributed by atoms with E-state index >= 15 is 0 Å². The topological polar surface area (TPSA) is 61.4 Å². The Morgan fingerprint density at radius 2 is 1.91 bits per heavy atom. The van der Waals surface area contributed by atoms with E-state index in [0.717, 1.165) is 36.1 Å². The summed E-state index contributed by atoms with van der Waals surface area (Å²) in [6, 6.07) is 7.81. The predicted octanol–water partition coefficient (Wildman–Crippen LogP) is 2.09. The van der Waals surface area contributed by atoms with Gasteiger partial charge in [-0.25, -0.2) is 0 Å².